The number of nitrogens with zero attached hydrogens (tertiary/aromatic N) is 2. The van der Waals surface area contributed by atoms with E-state index >= 15 is 0 Å². The molecular weight excluding hydrogens is 222 g/mol. The van der Waals surface area contributed by atoms with Gasteiger partial charge in [0.25, 0.3) is 0 Å². The number of fused-ring (bicyclic) bond motifs is 1. The average Bonchev–Trinajstić information content (AvgIpc) is 2.16. The number of hydrogen-bond donors (Lipinski definition) is 1. The number of benzene rings is 1. The number of halogens is 1. The molecule has 1 aromatic heterocycles. The van der Waals surface area contributed by atoms with Crippen molar-refractivity contribution < 1.29 is 0 Å². The van der Waals surface area contributed by atoms with E-state index in [1.54, 1.807) is 0 Å². The maximum Gasteiger partial charge on any atom is 0.220 e. The molecule has 0 unspecified atom stereocenters. The molecule has 1 aliphatic rings. The Balaban J connectivity index is 2.26. The molecule has 1 aromatic carbocycles. The summed E-state index contributed by atoms with van der Waals surface area (Å²) >= 11 is 6.01. The fourth-order valence-electron chi connectivity index (χ4n) is 2.14. The van der Waals surface area contributed by atoms with E-state index in [0.717, 1.165) is 21.6 Å². The molecule has 3 rings (SSSR count). The minimum absolute atomic E-state index is 0.358. The zero-order chi connectivity index (χ0) is 11.1. The SMILES string of the molecule is Nc1nc(C2CCC2)c2cc(Cl)ccc2n1. The van der Waals surface area contributed by atoms with E-state index in [4.69, 9.17) is 17.3 Å². The normalized spacial score (nSPS) is 16.3. The molecule has 3 nitrogen and oxygen atoms in total. The predicted octanol–water partition coefficient (Wildman–Crippen LogP) is 3.13. The molecule has 4 heteroatoms. The van der Waals surface area contributed by atoms with Gasteiger partial charge >= 0.3 is 0 Å². The Morgan fingerprint density at radius 1 is 1.25 bits per heavy atom. The molecule has 0 spiro atoms. The Hall–Kier alpha value is -1.35. The first-order chi connectivity index (χ1) is 7.74. The molecule has 0 atom stereocenters. The van der Waals surface area contributed by atoms with Crippen molar-refractivity contribution in [3.8, 4) is 0 Å². The van der Waals surface area contributed by atoms with Gasteiger partial charge < -0.3 is 5.73 Å². The Bertz CT molecular complexity index is 549. The van der Waals surface area contributed by atoms with Crippen molar-refractivity contribution in [2.75, 3.05) is 5.73 Å². The van der Waals surface area contributed by atoms with E-state index < -0.39 is 0 Å². The first-order valence-electron chi connectivity index (χ1n) is 5.47. The average molecular weight is 234 g/mol. The molecule has 0 saturated heterocycles. The fourth-order valence-corrected chi connectivity index (χ4v) is 2.31. The molecular formula is C12H12ClN3. The van der Waals surface area contributed by atoms with Crippen LogP contribution in [0.5, 0.6) is 0 Å². The highest BCUT2D eigenvalue weighted by molar-refractivity contribution is 6.31. The highest BCUT2D eigenvalue weighted by atomic mass is 35.5. The molecule has 1 aliphatic carbocycles. The van der Waals surface area contributed by atoms with Crippen molar-refractivity contribution in [2.24, 2.45) is 0 Å². The molecule has 1 heterocycles. The summed E-state index contributed by atoms with van der Waals surface area (Å²) in [7, 11) is 0. The van der Waals surface area contributed by atoms with Crippen LogP contribution in [0.1, 0.15) is 30.9 Å². The van der Waals surface area contributed by atoms with Gasteiger partial charge in [0.05, 0.1) is 11.2 Å². The number of rotatable bonds is 1. The number of nitrogen functional groups attached to an aromatic ring is 1. The van der Waals surface area contributed by atoms with E-state index in [2.05, 4.69) is 9.97 Å². The maximum absolute atomic E-state index is 6.01. The van der Waals surface area contributed by atoms with Gasteiger partial charge in [0, 0.05) is 16.3 Å². The minimum atomic E-state index is 0.358. The van der Waals surface area contributed by atoms with Crippen LogP contribution in [0.2, 0.25) is 5.02 Å². The molecule has 1 fully saturated rings. The maximum atomic E-state index is 6.01. The molecule has 0 aliphatic heterocycles. The van der Waals surface area contributed by atoms with Crippen molar-refractivity contribution in [3.63, 3.8) is 0 Å². The third-order valence-corrected chi connectivity index (χ3v) is 3.43. The topological polar surface area (TPSA) is 51.8 Å². The van der Waals surface area contributed by atoms with Crippen LogP contribution in [0.3, 0.4) is 0 Å². The smallest absolute Gasteiger partial charge is 0.220 e. The standard InChI is InChI=1S/C12H12ClN3/c13-8-4-5-10-9(6-8)11(7-2-1-3-7)16-12(14)15-10/h4-7H,1-3H2,(H2,14,15,16). The summed E-state index contributed by atoms with van der Waals surface area (Å²) in [4.78, 5) is 8.60. The van der Waals surface area contributed by atoms with Gasteiger partial charge in [0.2, 0.25) is 5.95 Å². The van der Waals surface area contributed by atoms with E-state index in [-0.39, 0.29) is 0 Å². The third kappa shape index (κ3) is 1.52. The van der Waals surface area contributed by atoms with Crippen molar-refractivity contribution in [1.29, 1.82) is 0 Å². The van der Waals surface area contributed by atoms with Gasteiger partial charge in [0.15, 0.2) is 0 Å². The fraction of sp³-hybridized carbons (Fsp3) is 0.333. The minimum Gasteiger partial charge on any atom is -0.368 e. The van der Waals surface area contributed by atoms with Crippen LogP contribution in [-0.2, 0) is 0 Å². The van der Waals surface area contributed by atoms with Crippen LogP contribution >= 0.6 is 11.6 Å². The summed E-state index contributed by atoms with van der Waals surface area (Å²) in [5.74, 6) is 0.892. The van der Waals surface area contributed by atoms with Gasteiger partial charge in [-0.1, -0.05) is 18.0 Å². The Kier molecular flexibility index (Phi) is 2.21. The zero-order valence-corrected chi connectivity index (χ0v) is 9.54. The van der Waals surface area contributed by atoms with Crippen LogP contribution in [-0.4, -0.2) is 9.97 Å². The highest BCUT2D eigenvalue weighted by Crippen LogP contribution is 2.38. The monoisotopic (exact) mass is 233 g/mol. The van der Waals surface area contributed by atoms with E-state index in [0.29, 0.717) is 11.9 Å². The molecule has 0 amide bonds. The van der Waals surface area contributed by atoms with Gasteiger partial charge in [-0.15, -0.1) is 0 Å². The predicted molar refractivity (Wildman–Crippen MR) is 65.6 cm³/mol. The van der Waals surface area contributed by atoms with Gasteiger partial charge in [-0.2, -0.15) is 0 Å². The summed E-state index contributed by atoms with van der Waals surface area (Å²) in [6.45, 7) is 0. The first kappa shape index (κ1) is 9.85. The second kappa shape index (κ2) is 3.59. The molecule has 82 valence electrons. The molecule has 0 radical (unpaired) electrons. The Morgan fingerprint density at radius 2 is 2.06 bits per heavy atom. The van der Waals surface area contributed by atoms with Gasteiger partial charge in [0.1, 0.15) is 0 Å². The molecule has 2 aromatic rings. The van der Waals surface area contributed by atoms with Crippen LogP contribution in [0.15, 0.2) is 18.2 Å². The summed E-state index contributed by atoms with van der Waals surface area (Å²) in [5, 5.41) is 1.77. The van der Waals surface area contributed by atoms with Crippen LogP contribution in [0, 0.1) is 0 Å². The van der Waals surface area contributed by atoms with E-state index in [9.17, 15) is 0 Å². The van der Waals surface area contributed by atoms with Gasteiger partial charge in [-0.3, -0.25) is 0 Å². The number of nitrogens with two attached hydrogens (primary N) is 1. The van der Waals surface area contributed by atoms with Crippen LogP contribution in [0.4, 0.5) is 5.95 Å². The highest BCUT2D eigenvalue weighted by Gasteiger charge is 2.23. The number of hydrogen-bond acceptors (Lipinski definition) is 3. The summed E-state index contributed by atoms with van der Waals surface area (Å²) < 4.78 is 0. The third-order valence-electron chi connectivity index (χ3n) is 3.20. The lowest BCUT2D eigenvalue weighted by atomic mass is 9.81. The molecule has 0 bridgehead atoms. The molecule has 16 heavy (non-hydrogen) atoms. The van der Waals surface area contributed by atoms with E-state index in [1.807, 2.05) is 18.2 Å². The van der Waals surface area contributed by atoms with Crippen molar-refractivity contribution in [2.45, 2.75) is 25.2 Å². The summed E-state index contributed by atoms with van der Waals surface area (Å²) in [6.07, 6.45) is 3.66. The number of anilines is 1. The quantitative estimate of drug-likeness (QED) is 0.823. The first-order valence-corrected chi connectivity index (χ1v) is 5.84. The van der Waals surface area contributed by atoms with Crippen molar-refractivity contribution in [1.82, 2.24) is 9.97 Å². The molecule has 2 N–H and O–H groups in total. The summed E-state index contributed by atoms with van der Waals surface area (Å²) in [6, 6.07) is 5.67. The Morgan fingerprint density at radius 3 is 2.75 bits per heavy atom. The second-order valence-electron chi connectivity index (χ2n) is 4.26. The van der Waals surface area contributed by atoms with E-state index in [1.165, 1.54) is 19.3 Å². The van der Waals surface area contributed by atoms with Gasteiger partial charge in [-0.05, 0) is 31.0 Å². The zero-order valence-electron chi connectivity index (χ0n) is 8.78. The van der Waals surface area contributed by atoms with Gasteiger partial charge in [-0.25, -0.2) is 9.97 Å². The lowest BCUT2D eigenvalue weighted by Crippen LogP contribution is -2.13. The van der Waals surface area contributed by atoms with Crippen molar-refractivity contribution >= 4 is 28.5 Å². The second-order valence-corrected chi connectivity index (χ2v) is 4.69. The van der Waals surface area contributed by atoms with Crippen LogP contribution < -0.4 is 5.73 Å². The van der Waals surface area contributed by atoms with Crippen LogP contribution in [0.25, 0.3) is 10.9 Å². The molecule has 1 saturated carbocycles. The number of aromatic nitrogens is 2. The Labute approximate surface area is 98.6 Å². The van der Waals surface area contributed by atoms with Crippen molar-refractivity contribution in [3.05, 3.63) is 28.9 Å². The largest absolute Gasteiger partial charge is 0.368 e. The lowest BCUT2D eigenvalue weighted by Gasteiger charge is -2.25. The summed E-state index contributed by atoms with van der Waals surface area (Å²) in [5.41, 5.74) is 7.68. The lowest BCUT2D eigenvalue weighted by molar-refractivity contribution is 0.414.